The quantitative estimate of drug-likeness (QED) is 0.364. The first-order chi connectivity index (χ1) is 5.06. The van der Waals surface area contributed by atoms with E-state index < -0.39 is 0 Å². The maximum Gasteiger partial charge on any atom is 0.0904 e. The molecule has 11 heavy (non-hydrogen) atoms. The van der Waals surface area contributed by atoms with Crippen LogP contribution in [0.1, 0.15) is 27.2 Å². The minimum absolute atomic E-state index is 0.113. The van der Waals surface area contributed by atoms with E-state index in [0.717, 1.165) is 6.42 Å². The second kappa shape index (κ2) is 3.16. The van der Waals surface area contributed by atoms with E-state index in [9.17, 15) is 0 Å². The largest absolute Gasteiger partial charge is 0.366 e. The molecule has 0 aromatic heterocycles. The van der Waals surface area contributed by atoms with Gasteiger partial charge in [0.1, 0.15) is 0 Å². The average molecular weight is 175 g/mol. The highest BCUT2D eigenvalue weighted by Crippen LogP contribution is 2.39. The molecule has 2 heteroatoms. The monoisotopic (exact) mass is 174 g/mol. The Balaban J connectivity index is 2.29. The summed E-state index contributed by atoms with van der Waals surface area (Å²) in [6.45, 7) is 6.33. The van der Waals surface area contributed by atoms with Gasteiger partial charge in [0.25, 0.3) is 0 Å². The van der Waals surface area contributed by atoms with E-state index in [4.69, 9.17) is 16.3 Å². The van der Waals surface area contributed by atoms with Crippen LogP contribution < -0.4 is 0 Å². The lowest BCUT2D eigenvalue weighted by Gasteiger charge is -1.97. The van der Waals surface area contributed by atoms with Gasteiger partial charge in [-0.15, -0.1) is 11.6 Å². The maximum absolute atomic E-state index is 5.55. The predicted octanol–water partition coefficient (Wildman–Crippen LogP) is 2.74. The number of hydrogen-bond donors (Lipinski definition) is 0. The van der Waals surface area contributed by atoms with Crippen molar-refractivity contribution >= 4 is 11.6 Å². The summed E-state index contributed by atoms with van der Waals surface area (Å²) in [5.41, 5.74) is 1.44. The van der Waals surface area contributed by atoms with Crippen LogP contribution in [0, 0.1) is 0 Å². The Labute approximate surface area is 73.4 Å². The van der Waals surface area contributed by atoms with Crippen LogP contribution in [0.4, 0.5) is 0 Å². The molecule has 64 valence electrons. The fourth-order valence-electron chi connectivity index (χ4n) is 1.13. The Morgan fingerprint density at radius 1 is 1.64 bits per heavy atom. The lowest BCUT2D eigenvalue weighted by molar-refractivity contribution is 0.323. The van der Waals surface area contributed by atoms with Gasteiger partial charge in [-0.1, -0.05) is 11.6 Å². The molecule has 0 spiro atoms. The summed E-state index contributed by atoms with van der Waals surface area (Å²) >= 11 is 5.55. The minimum Gasteiger partial charge on any atom is -0.366 e. The highest BCUT2D eigenvalue weighted by molar-refractivity contribution is 6.18. The van der Waals surface area contributed by atoms with Crippen molar-refractivity contribution in [2.45, 2.75) is 38.9 Å². The van der Waals surface area contributed by atoms with Gasteiger partial charge < -0.3 is 4.74 Å². The summed E-state index contributed by atoms with van der Waals surface area (Å²) in [5, 5.41) is 0. The van der Waals surface area contributed by atoms with Crippen molar-refractivity contribution < 1.29 is 4.74 Å². The average Bonchev–Trinajstić information content (AvgIpc) is 2.39. The first-order valence-electron chi connectivity index (χ1n) is 3.95. The molecular formula is C9H15ClO. The van der Waals surface area contributed by atoms with Gasteiger partial charge in [-0.3, -0.25) is 0 Å². The number of alkyl halides is 1. The Kier molecular flexibility index (Phi) is 2.61. The Morgan fingerprint density at radius 2 is 2.18 bits per heavy atom. The van der Waals surface area contributed by atoms with E-state index in [2.05, 4.69) is 20.8 Å². The predicted molar refractivity (Wildman–Crippen MR) is 48.0 cm³/mol. The molecule has 0 radical (unpaired) electrons. The molecule has 1 aliphatic heterocycles. The lowest BCUT2D eigenvalue weighted by atomic mass is 10.0. The Morgan fingerprint density at radius 3 is 2.55 bits per heavy atom. The van der Waals surface area contributed by atoms with Crippen molar-refractivity contribution in [3.63, 3.8) is 0 Å². The van der Waals surface area contributed by atoms with Crippen LogP contribution in [0.5, 0.6) is 0 Å². The van der Waals surface area contributed by atoms with Crippen LogP contribution in [0.2, 0.25) is 0 Å². The number of rotatable bonds is 3. The standard InChI is InChI=1S/C9H15ClO/c1-7(4-5-10)6-8-9(2,3)11-8/h4,8H,5-6H2,1-3H3/b7-4+. The van der Waals surface area contributed by atoms with Gasteiger partial charge in [0.15, 0.2) is 0 Å². The number of hydrogen-bond acceptors (Lipinski definition) is 1. The van der Waals surface area contributed by atoms with E-state index in [1.165, 1.54) is 5.57 Å². The van der Waals surface area contributed by atoms with Gasteiger partial charge in [0.05, 0.1) is 11.7 Å². The van der Waals surface area contributed by atoms with Crippen LogP contribution >= 0.6 is 11.6 Å². The summed E-state index contributed by atoms with van der Waals surface area (Å²) in [4.78, 5) is 0. The molecule has 1 saturated heterocycles. The second-order valence-electron chi connectivity index (χ2n) is 3.62. The van der Waals surface area contributed by atoms with Crippen molar-refractivity contribution in [3.8, 4) is 0 Å². The van der Waals surface area contributed by atoms with Gasteiger partial charge >= 0.3 is 0 Å². The maximum atomic E-state index is 5.55. The third-order valence-electron chi connectivity index (χ3n) is 2.10. The van der Waals surface area contributed by atoms with E-state index in [0.29, 0.717) is 12.0 Å². The molecule has 0 N–H and O–H groups in total. The molecule has 0 aromatic carbocycles. The lowest BCUT2D eigenvalue weighted by Crippen LogP contribution is -2.02. The summed E-state index contributed by atoms with van der Waals surface area (Å²) < 4.78 is 5.44. The van der Waals surface area contributed by atoms with E-state index >= 15 is 0 Å². The summed E-state index contributed by atoms with van der Waals surface area (Å²) in [5.74, 6) is 0.610. The van der Waals surface area contributed by atoms with Crippen molar-refractivity contribution in [2.75, 3.05) is 5.88 Å². The molecule has 0 aromatic rings. The summed E-state index contributed by atoms with van der Waals surface area (Å²) in [6.07, 6.45) is 3.49. The zero-order valence-corrected chi connectivity index (χ0v) is 8.11. The molecule has 1 nitrogen and oxygen atoms in total. The van der Waals surface area contributed by atoms with Crippen LogP contribution in [-0.2, 0) is 4.74 Å². The van der Waals surface area contributed by atoms with Gasteiger partial charge in [-0.25, -0.2) is 0 Å². The minimum atomic E-state index is 0.113. The van der Waals surface area contributed by atoms with E-state index in [-0.39, 0.29) is 5.60 Å². The van der Waals surface area contributed by atoms with Crippen molar-refractivity contribution in [3.05, 3.63) is 11.6 Å². The van der Waals surface area contributed by atoms with Crippen molar-refractivity contribution in [2.24, 2.45) is 0 Å². The van der Waals surface area contributed by atoms with Crippen LogP contribution in [0.15, 0.2) is 11.6 Å². The first-order valence-corrected chi connectivity index (χ1v) is 4.49. The first kappa shape index (κ1) is 9.08. The van der Waals surface area contributed by atoms with Gasteiger partial charge in [-0.05, 0) is 27.2 Å². The molecule has 1 fully saturated rings. The van der Waals surface area contributed by atoms with Crippen molar-refractivity contribution in [1.82, 2.24) is 0 Å². The molecule has 1 aliphatic rings. The summed E-state index contributed by atoms with van der Waals surface area (Å²) in [7, 11) is 0. The zero-order chi connectivity index (χ0) is 8.48. The highest BCUT2D eigenvalue weighted by atomic mass is 35.5. The third-order valence-corrected chi connectivity index (χ3v) is 2.25. The molecule has 1 unspecified atom stereocenters. The highest BCUT2D eigenvalue weighted by Gasteiger charge is 2.47. The number of halogens is 1. The van der Waals surface area contributed by atoms with Crippen LogP contribution in [0.25, 0.3) is 0 Å². The smallest absolute Gasteiger partial charge is 0.0904 e. The van der Waals surface area contributed by atoms with Gasteiger partial charge in [-0.2, -0.15) is 0 Å². The molecule has 0 saturated carbocycles. The molecular weight excluding hydrogens is 160 g/mol. The number of ether oxygens (including phenoxy) is 1. The van der Waals surface area contributed by atoms with E-state index in [1.807, 2.05) is 6.08 Å². The molecule has 0 amide bonds. The fourth-order valence-corrected chi connectivity index (χ4v) is 1.39. The molecule has 1 atom stereocenters. The molecule has 1 rings (SSSR count). The fraction of sp³-hybridized carbons (Fsp3) is 0.778. The van der Waals surface area contributed by atoms with Crippen LogP contribution in [-0.4, -0.2) is 17.6 Å². The third kappa shape index (κ3) is 2.49. The van der Waals surface area contributed by atoms with Crippen molar-refractivity contribution in [1.29, 1.82) is 0 Å². The van der Waals surface area contributed by atoms with E-state index in [1.54, 1.807) is 0 Å². The second-order valence-corrected chi connectivity index (χ2v) is 3.93. The van der Waals surface area contributed by atoms with Gasteiger partial charge in [0, 0.05) is 5.88 Å². The summed E-state index contributed by atoms with van der Waals surface area (Å²) in [6, 6.07) is 0. The molecule has 1 heterocycles. The zero-order valence-electron chi connectivity index (χ0n) is 7.36. The molecule has 0 aliphatic carbocycles. The Hall–Kier alpha value is -0.0100. The van der Waals surface area contributed by atoms with Gasteiger partial charge in [0.2, 0.25) is 0 Å². The SMILES string of the molecule is C/C(=C\CCl)CC1OC1(C)C. The Bertz CT molecular complexity index is 172. The molecule has 0 bridgehead atoms. The normalized spacial score (nSPS) is 28.7. The van der Waals surface area contributed by atoms with Crippen LogP contribution in [0.3, 0.4) is 0 Å². The number of epoxide rings is 1. The number of allylic oxidation sites excluding steroid dienone is 1. The topological polar surface area (TPSA) is 12.5 Å².